The van der Waals surface area contributed by atoms with E-state index in [1.165, 1.54) is 11.1 Å². The van der Waals surface area contributed by atoms with Gasteiger partial charge in [0.15, 0.2) is 0 Å². The molecule has 1 fully saturated rings. The molecule has 2 aliphatic rings. The van der Waals surface area contributed by atoms with Gasteiger partial charge in [0, 0.05) is 30.6 Å². The van der Waals surface area contributed by atoms with E-state index in [1.807, 2.05) is 18.2 Å². The highest BCUT2D eigenvalue weighted by atomic mass is 35.5. The van der Waals surface area contributed by atoms with E-state index in [1.54, 1.807) is 0 Å². The van der Waals surface area contributed by atoms with Crippen molar-refractivity contribution in [2.75, 3.05) is 19.6 Å². The van der Waals surface area contributed by atoms with E-state index in [2.05, 4.69) is 40.5 Å². The van der Waals surface area contributed by atoms with Crippen LogP contribution >= 0.6 is 11.6 Å². The van der Waals surface area contributed by atoms with Crippen molar-refractivity contribution in [3.8, 4) is 0 Å². The lowest BCUT2D eigenvalue weighted by atomic mass is 9.80. The van der Waals surface area contributed by atoms with Crippen LogP contribution in [-0.2, 0) is 4.79 Å². The minimum absolute atomic E-state index is 0.119. The highest BCUT2D eigenvalue weighted by Gasteiger charge is 2.39. The van der Waals surface area contributed by atoms with Gasteiger partial charge in [0.25, 0.3) is 0 Å². The standard InChI is InChI=1S/C18H17ClN2O/c19-13-7-5-12(6-8-13)16-11-21-10-9-20-18(22)17(21)15-4-2-1-3-14(15)16/h1-8,16-17H,9-11H2,(H,20,22)/t16-,17+/m1/s1. The third-order valence-corrected chi connectivity index (χ3v) is 4.92. The summed E-state index contributed by atoms with van der Waals surface area (Å²) in [6.45, 7) is 2.50. The first-order valence-electron chi connectivity index (χ1n) is 7.60. The molecule has 4 rings (SSSR count). The Hall–Kier alpha value is -1.84. The van der Waals surface area contributed by atoms with Crippen molar-refractivity contribution in [2.24, 2.45) is 0 Å². The Labute approximate surface area is 134 Å². The molecule has 0 saturated carbocycles. The van der Waals surface area contributed by atoms with Gasteiger partial charge in [-0.25, -0.2) is 0 Å². The van der Waals surface area contributed by atoms with E-state index in [0.717, 1.165) is 30.2 Å². The number of rotatable bonds is 1. The van der Waals surface area contributed by atoms with Crippen LogP contribution in [0.5, 0.6) is 0 Å². The smallest absolute Gasteiger partial charge is 0.242 e. The molecule has 2 atom stereocenters. The number of carbonyl (C=O) groups is 1. The molecule has 1 N–H and O–H groups in total. The number of piperazine rings is 1. The maximum atomic E-state index is 12.3. The highest BCUT2D eigenvalue weighted by Crippen LogP contribution is 2.40. The van der Waals surface area contributed by atoms with Gasteiger partial charge in [-0.1, -0.05) is 48.0 Å². The van der Waals surface area contributed by atoms with Gasteiger partial charge in [-0.3, -0.25) is 9.69 Å². The molecule has 2 heterocycles. The average molecular weight is 313 g/mol. The molecule has 4 heteroatoms. The molecule has 2 aliphatic heterocycles. The van der Waals surface area contributed by atoms with Crippen molar-refractivity contribution < 1.29 is 4.79 Å². The van der Waals surface area contributed by atoms with Gasteiger partial charge in [0.1, 0.15) is 6.04 Å². The highest BCUT2D eigenvalue weighted by molar-refractivity contribution is 6.30. The van der Waals surface area contributed by atoms with Gasteiger partial charge in [0.05, 0.1) is 0 Å². The fourth-order valence-electron chi connectivity index (χ4n) is 3.64. The van der Waals surface area contributed by atoms with Gasteiger partial charge in [-0.15, -0.1) is 0 Å². The van der Waals surface area contributed by atoms with E-state index in [4.69, 9.17) is 11.6 Å². The number of amides is 1. The Kier molecular flexibility index (Phi) is 3.40. The van der Waals surface area contributed by atoms with Crippen molar-refractivity contribution in [3.05, 3.63) is 70.2 Å². The van der Waals surface area contributed by atoms with Gasteiger partial charge >= 0.3 is 0 Å². The molecule has 0 radical (unpaired) electrons. The summed E-state index contributed by atoms with van der Waals surface area (Å²) in [5.74, 6) is 0.406. The molecule has 3 nitrogen and oxygen atoms in total. The lowest BCUT2D eigenvalue weighted by molar-refractivity contribution is -0.129. The molecule has 1 saturated heterocycles. The van der Waals surface area contributed by atoms with Crippen LogP contribution in [0.25, 0.3) is 0 Å². The topological polar surface area (TPSA) is 32.3 Å². The largest absolute Gasteiger partial charge is 0.353 e. The summed E-state index contributed by atoms with van der Waals surface area (Å²) in [6, 6.07) is 16.2. The zero-order valence-corrected chi connectivity index (χ0v) is 12.9. The number of halogens is 1. The molecule has 2 aromatic rings. The molecule has 2 aromatic carbocycles. The van der Waals surface area contributed by atoms with Crippen molar-refractivity contribution in [1.29, 1.82) is 0 Å². The Bertz CT molecular complexity index is 713. The van der Waals surface area contributed by atoms with Crippen LogP contribution in [0.2, 0.25) is 5.02 Å². The van der Waals surface area contributed by atoms with E-state index >= 15 is 0 Å². The SMILES string of the molecule is O=C1NCCN2C[C@H](c3ccc(Cl)cc3)c3ccccc3[C@@H]12. The summed E-state index contributed by atoms with van der Waals surface area (Å²) in [4.78, 5) is 14.6. The number of hydrogen-bond acceptors (Lipinski definition) is 2. The van der Waals surface area contributed by atoms with Gasteiger partial charge in [-0.2, -0.15) is 0 Å². The molecular formula is C18H17ClN2O. The van der Waals surface area contributed by atoms with Gasteiger partial charge in [-0.05, 0) is 28.8 Å². The monoisotopic (exact) mass is 312 g/mol. The van der Waals surface area contributed by atoms with Crippen molar-refractivity contribution >= 4 is 17.5 Å². The fraction of sp³-hybridized carbons (Fsp3) is 0.278. The third-order valence-electron chi connectivity index (χ3n) is 4.67. The molecule has 0 bridgehead atoms. The maximum absolute atomic E-state index is 12.3. The molecule has 0 spiro atoms. The molecule has 1 amide bonds. The number of fused-ring (bicyclic) bond motifs is 3. The zero-order chi connectivity index (χ0) is 15.1. The predicted octanol–water partition coefficient (Wildman–Crippen LogP) is 2.96. The summed E-state index contributed by atoms with van der Waals surface area (Å²) in [5.41, 5.74) is 3.63. The first-order valence-corrected chi connectivity index (χ1v) is 7.98. The van der Waals surface area contributed by atoms with Crippen LogP contribution in [0.1, 0.15) is 28.7 Å². The van der Waals surface area contributed by atoms with E-state index in [0.29, 0.717) is 0 Å². The maximum Gasteiger partial charge on any atom is 0.242 e. The first kappa shape index (κ1) is 13.8. The minimum Gasteiger partial charge on any atom is -0.353 e. The molecule has 0 aliphatic carbocycles. The average Bonchev–Trinajstić information content (AvgIpc) is 2.55. The van der Waals surface area contributed by atoms with E-state index < -0.39 is 0 Å². The quantitative estimate of drug-likeness (QED) is 0.878. The summed E-state index contributed by atoms with van der Waals surface area (Å²) >= 11 is 6.02. The Balaban J connectivity index is 1.82. The molecular weight excluding hydrogens is 296 g/mol. The number of nitrogens with zero attached hydrogens (tertiary/aromatic N) is 1. The predicted molar refractivity (Wildman–Crippen MR) is 87.1 cm³/mol. The Morgan fingerprint density at radius 1 is 1.05 bits per heavy atom. The van der Waals surface area contributed by atoms with Crippen molar-refractivity contribution in [3.63, 3.8) is 0 Å². The number of hydrogen-bond donors (Lipinski definition) is 1. The van der Waals surface area contributed by atoms with Crippen molar-refractivity contribution in [1.82, 2.24) is 10.2 Å². The second-order valence-electron chi connectivity index (χ2n) is 5.92. The fourth-order valence-corrected chi connectivity index (χ4v) is 3.77. The van der Waals surface area contributed by atoms with E-state index in [-0.39, 0.29) is 17.9 Å². The van der Waals surface area contributed by atoms with E-state index in [9.17, 15) is 4.79 Å². The number of nitrogens with one attached hydrogen (secondary N) is 1. The Morgan fingerprint density at radius 3 is 2.55 bits per heavy atom. The van der Waals surface area contributed by atoms with Gasteiger partial charge in [0.2, 0.25) is 5.91 Å². The molecule has 112 valence electrons. The zero-order valence-electron chi connectivity index (χ0n) is 12.1. The molecule has 0 aromatic heterocycles. The summed E-state index contributed by atoms with van der Waals surface area (Å²) < 4.78 is 0. The van der Waals surface area contributed by atoms with Crippen molar-refractivity contribution in [2.45, 2.75) is 12.0 Å². The first-order chi connectivity index (χ1) is 10.7. The second kappa shape index (κ2) is 5.41. The normalized spacial score (nSPS) is 24.3. The second-order valence-corrected chi connectivity index (χ2v) is 6.36. The van der Waals surface area contributed by atoms with Crippen LogP contribution in [0.15, 0.2) is 48.5 Å². The van der Waals surface area contributed by atoms with Crippen LogP contribution in [0.3, 0.4) is 0 Å². The minimum atomic E-state index is -0.145. The molecule has 22 heavy (non-hydrogen) atoms. The summed E-state index contributed by atoms with van der Waals surface area (Å²) in [6.07, 6.45) is 0. The number of benzene rings is 2. The summed E-state index contributed by atoms with van der Waals surface area (Å²) in [7, 11) is 0. The third kappa shape index (κ3) is 2.21. The summed E-state index contributed by atoms with van der Waals surface area (Å²) in [5, 5.41) is 3.74. The van der Waals surface area contributed by atoms with Crippen LogP contribution in [-0.4, -0.2) is 30.4 Å². The van der Waals surface area contributed by atoms with Crippen LogP contribution in [0, 0.1) is 0 Å². The lowest BCUT2D eigenvalue weighted by Crippen LogP contribution is -2.53. The Morgan fingerprint density at radius 2 is 1.77 bits per heavy atom. The van der Waals surface area contributed by atoms with Gasteiger partial charge < -0.3 is 5.32 Å². The van der Waals surface area contributed by atoms with Crippen LogP contribution < -0.4 is 5.32 Å². The molecule has 0 unspecified atom stereocenters. The lowest BCUT2D eigenvalue weighted by Gasteiger charge is -2.43. The number of carbonyl (C=O) groups excluding carboxylic acids is 1. The van der Waals surface area contributed by atoms with Crippen LogP contribution in [0.4, 0.5) is 0 Å².